The lowest BCUT2D eigenvalue weighted by molar-refractivity contribution is 0.0485. The first-order chi connectivity index (χ1) is 19.8. The van der Waals surface area contributed by atoms with Gasteiger partial charge in [0.15, 0.2) is 17.3 Å². The monoisotopic (exact) mass is 590 g/mol. The van der Waals surface area contributed by atoms with Crippen molar-refractivity contribution in [2.24, 2.45) is 0 Å². The second kappa shape index (κ2) is 11.1. The van der Waals surface area contributed by atoms with Gasteiger partial charge in [0, 0.05) is 23.7 Å². The molecule has 0 spiro atoms. The van der Waals surface area contributed by atoms with E-state index < -0.39 is 52.3 Å². The van der Waals surface area contributed by atoms with Crippen LogP contribution in [0.1, 0.15) is 52.5 Å². The third kappa shape index (κ3) is 5.78. The van der Waals surface area contributed by atoms with Crippen molar-refractivity contribution in [3.8, 4) is 22.8 Å². The Kier molecular flexibility index (Phi) is 7.64. The van der Waals surface area contributed by atoms with Crippen LogP contribution in [0.15, 0.2) is 30.6 Å². The van der Waals surface area contributed by atoms with Crippen molar-refractivity contribution in [3.63, 3.8) is 0 Å². The van der Waals surface area contributed by atoms with Gasteiger partial charge in [0.1, 0.15) is 35.0 Å². The Morgan fingerprint density at radius 2 is 1.74 bits per heavy atom. The fourth-order valence-corrected chi connectivity index (χ4v) is 4.94. The van der Waals surface area contributed by atoms with Crippen molar-refractivity contribution in [2.45, 2.75) is 64.1 Å². The summed E-state index contributed by atoms with van der Waals surface area (Å²) in [5.74, 6) is -9.51. The van der Waals surface area contributed by atoms with Crippen molar-refractivity contribution in [2.75, 3.05) is 5.73 Å². The number of ether oxygens (including phenoxy) is 2. The first-order valence-corrected chi connectivity index (χ1v) is 13.1. The minimum absolute atomic E-state index is 0.0389. The van der Waals surface area contributed by atoms with E-state index in [4.69, 9.17) is 15.2 Å². The van der Waals surface area contributed by atoms with Gasteiger partial charge in [-0.1, -0.05) is 0 Å². The zero-order valence-corrected chi connectivity index (χ0v) is 22.9. The maximum absolute atomic E-state index is 15.4. The summed E-state index contributed by atoms with van der Waals surface area (Å²) in [6, 6.07) is 2.78. The van der Waals surface area contributed by atoms with Gasteiger partial charge in [-0.25, -0.2) is 32.6 Å². The Labute approximate surface area is 236 Å². The minimum atomic E-state index is -1.76. The molecule has 2 aromatic carbocycles. The Hall–Kier alpha value is -4.49. The van der Waals surface area contributed by atoms with Crippen LogP contribution in [0.3, 0.4) is 0 Å². The summed E-state index contributed by atoms with van der Waals surface area (Å²) in [7, 11) is 0. The molecule has 0 aliphatic heterocycles. The average Bonchev–Trinajstić information content (AvgIpc) is 3.30. The third-order valence-electron chi connectivity index (χ3n) is 6.72. The van der Waals surface area contributed by atoms with Crippen molar-refractivity contribution in [3.05, 3.63) is 59.7 Å². The van der Waals surface area contributed by atoms with Crippen LogP contribution >= 0.6 is 0 Å². The van der Waals surface area contributed by atoms with Crippen LogP contribution < -0.4 is 15.8 Å². The maximum Gasteiger partial charge on any atom is 0.407 e. The standard InChI is InChI=1S/C28H27F5N6O3/c1-28(2,3)42-27(40)37-13-5-4-6-14(9-13)39-26-20(25(34)35-12-36-26)23(38-39)16-8-7-15(10-17(16)29)41-24-21(32)18(30)11-19(31)22(24)33/h7-8,10-14H,4-6,9H2,1-3H3,(H,37,40)(H2,34,35,36)/t13-,14+/m0/s1. The number of benzene rings is 2. The summed E-state index contributed by atoms with van der Waals surface area (Å²) in [6.45, 7) is 5.31. The number of alkyl carbamates (subject to hydrolysis) is 1. The zero-order chi connectivity index (χ0) is 30.3. The van der Waals surface area contributed by atoms with Crippen LogP contribution in [0.2, 0.25) is 0 Å². The predicted molar refractivity (Wildman–Crippen MR) is 142 cm³/mol. The maximum atomic E-state index is 15.4. The highest BCUT2D eigenvalue weighted by molar-refractivity contribution is 5.98. The van der Waals surface area contributed by atoms with Gasteiger partial charge in [0.05, 0.1) is 11.4 Å². The zero-order valence-electron chi connectivity index (χ0n) is 22.9. The molecule has 222 valence electrons. The lowest BCUT2D eigenvalue weighted by Gasteiger charge is -2.31. The number of nitrogen functional groups attached to an aromatic ring is 1. The van der Waals surface area contributed by atoms with Gasteiger partial charge in [-0.2, -0.15) is 13.9 Å². The van der Waals surface area contributed by atoms with Gasteiger partial charge < -0.3 is 20.5 Å². The lowest BCUT2D eigenvalue weighted by Crippen LogP contribution is -2.41. The number of hydrogen-bond donors (Lipinski definition) is 2. The summed E-state index contributed by atoms with van der Waals surface area (Å²) < 4.78 is 82.7. The van der Waals surface area contributed by atoms with Gasteiger partial charge in [0.25, 0.3) is 0 Å². The molecule has 1 aliphatic rings. The fraction of sp³-hybridized carbons (Fsp3) is 0.357. The number of nitrogens with two attached hydrogens (primary N) is 1. The van der Waals surface area contributed by atoms with E-state index in [1.54, 1.807) is 25.5 Å². The number of anilines is 1. The molecule has 2 heterocycles. The van der Waals surface area contributed by atoms with Gasteiger partial charge in [-0.05, 0) is 58.6 Å². The van der Waals surface area contributed by atoms with Gasteiger partial charge >= 0.3 is 6.09 Å². The molecule has 3 N–H and O–H groups in total. The highest BCUT2D eigenvalue weighted by atomic mass is 19.2. The third-order valence-corrected chi connectivity index (χ3v) is 6.72. The van der Waals surface area contributed by atoms with E-state index in [2.05, 4.69) is 20.4 Å². The smallest absolute Gasteiger partial charge is 0.407 e. The van der Waals surface area contributed by atoms with Crippen molar-refractivity contribution in [1.82, 2.24) is 25.1 Å². The SMILES string of the molecule is CC(C)(C)OC(=O)N[C@H]1CCC[C@@H](n2nc(-c3ccc(Oc4c(F)c(F)cc(F)c4F)cc3F)c3c(N)ncnc32)C1. The van der Waals surface area contributed by atoms with E-state index in [0.29, 0.717) is 18.5 Å². The van der Waals surface area contributed by atoms with E-state index in [-0.39, 0.29) is 40.6 Å². The molecular formula is C28H27F5N6O3. The fourth-order valence-electron chi connectivity index (χ4n) is 4.94. The molecule has 1 amide bonds. The lowest BCUT2D eigenvalue weighted by atomic mass is 9.91. The summed E-state index contributed by atoms with van der Waals surface area (Å²) in [6.07, 6.45) is 3.41. The van der Waals surface area contributed by atoms with Crippen LogP contribution in [0.25, 0.3) is 22.3 Å². The molecule has 1 fully saturated rings. The molecule has 2 atom stereocenters. The molecule has 0 saturated heterocycles. The first-order valence-electron chi connectivity index (χ1n) is 13.1. The molecule has 42 heavy (non-hydrogen) atoms. The summed E-state index contributed by atoms with van der Waals surface area (Å²) >= 11 is 0. The molecule has 9 nitrogen and oxygen atoms in total. The average molecular weight is 591 g/mol. The molecule has 0 bridgehead atoms. The quantitative estimate of drug-likeness (QED) is 0.199. The van der Waals surface area contributed by atoms with E-state index >= 15 is 4.39 Å². The van der Waals surface area contributed by atoms with E-state index in [9.17, 15) is 22.4 Å². The number of hydrogen-bond acceptors (Lipinski definition) is 7. The Bertz CT molecular complexity index is 1650. The number of carbonyl (C=O) groups is 1. The van der Waals surface area contributed by atoms with Crippen LogP contribution in [0, 0.1) is 29.1 Å². The normalized spacial score (nSPS) is 17.3. The number of fused-ring (bicyclic) bond motifs is 1. The minimum Gasteiger partial charge on any atom is -0.451 e. The summed E-state index contributed by atoms with van der Waals surface area (Å²) in [4.78, 5) is 20.7. The van der Waals surface area contributed by atoms with Gasteiger partial charge in [-0.15, -0.1) is 0 Å². The van der Waals surface area contributed by atoms with Crippen LogP contribution in [0.4, 0.5) is 32.6 Å². The molecule has 2 aromatic heterocycles. The molecular weight excluding hydrogens is 563 g/mol. The van der Waals surface area contributed by atoms with Crippen LogP contribution in [0.5, 0.6) is 11.5 Å². The number of aromatic nitrogens is 4. The second-order valence-corrected chi connectivity index (χ2v) is 11.0. The van der Waals surface area contributed by atoms with Crippen molar-refractivity contribution >= 4 is 22.9 Å². The number of halogens is 5. The van der Waals surface area contributed by atoms with Gasteiger partial charge in [0.2, 0.25) is 17.4 Å². The number of amides is 1. The number of carbonyl (C=O) groups excluding carboxylic acids is 1. The molecule has 0 radical (unpaired) electrons. The Morgan fingerprint density at radius 1 is 1.02 bits per heavy atom. The predicted octanol–water partition coefficient (Wildman–Crippen LogP) is 6.57. The molecule has 1 aliphatic carbocycles. The van der Waals surface area contributed by atoms with Crippen LogP contribution in [-0.4, -0.2) is 37.5 Å². The molecule has 14 heteroatoms. The second-order valence-electron chi connectivity index (χ2n) is 11.0. The molecule has 0 unspecified atom stereocenters. The highest BCUT2D eigenvalue weighted by Gasteiger charge is 2.30. The number of rotatable bonds is 5. The largest absolute Gasteiger partial charge is 0.451 e. The van der Waals surface area contributed by atoms with Crippen molar-refractivity contribution < 1.29 is 36.2 Å². The Morgan fingerprint density at radius 3 is 2.40 bits per heavy atom. The van der Waals surface area contributed by atoms with E-state index in [1.165, 1.54) is 12.4 Å². The highest BCUT2D eigenvalue weighted by Crippen LogP contribution is 2.38. The Balaban J connectivity index is 1.46. The van der Waals surface area contributed by atoms with E-state index in [0.717, 1.165) is 25.0 Å². The topological polar surface area (TPSA) is 117 Å². The van der Waals surface area contributed by atoms with Gasteiger partial charge in [-0.3, -0.25) is 0 Å². The molecule has 5 rings (SSSR count). The summed E-state index contributed by atoms with van der Waals surface area (Å²) in [5.41, 5.74) is 5.89. The first kappa shape index (κ1) is 29.0. The number of nitrogens with one attached hydrogen (secondary N) is 1. The van der Waals surface area contributed by atoms with Crippen LogP contribution in [-0.2, 0) is 4.74 Å². The van der Waals surface area contributed by atoms with E-state index in [1.807, 2.05) is 0 Å². The molecule has 1 saturated carbocycles. The molecule has 4 aromatic rings. The number of nitrogens with zero attached hydrogens (tertiary/aromatic N) is 4. The van der Waals surface area contributed by atoms with Crippen molar-refractivity contribution in [1.29, 1.82) is 0 Å². The summed E-state index contributed by atoms with van der Waals surface area (Å²) in [5, 5.41) is 7.80.